The number of hydrogen-bond donors (Lipinski definition) is 1. The third-order valence-corrected chi connectivity index (χ3v) is 6.19. The Hall–Kier alpha value is -1.27. The molecule has 0 radical (unpaired) electrons. The van der Waals surface area contributed by atoms with Crippen molar-refractivity contribution in [2.45, 2.75) is 32.1 Å². The molecule has 0 saturated carbocycles. The van der Waals surface area contributed by atoms with Crippen LogP contribution in [0, 0.1) is 18.8 Å². The van der Waals surface area contributed by atoms with Gasteiger partial charge >= 0.3 is 0 Å². The quantitative estimate of drug-likeness (QED) is 0.866. The number of nitrogen functional groups attached to an aromatic ring is 1. The lowest BCUT2D eigenvalue weighted by molar-refractivity contribution is 0.382. The number of nitrogens with two attached hydrogens (primary N) is 1. The molecule has 2 rings (SSSR count). The molecule has 2 N–H and O–H groups in total. The largest absolute Gasteiger partial charge is 0.495 e. The number of nitrogens with zero attached hydrogens (tertiary/aromatic N) is 1. The molecule has 0 spiro atoms. The van der Waals surface area contributed by atoms with Gasteiger partial charge < -0.3 is 10.5 Å². The third kappa shape index (κ3) is 3.01. The van der Waals surface area contributed by atoms with Gasteiger partial charge in [0, 0.05) is 18.8 Å². The lowest BCUT2D eigenvalue weighted by Gasteiger charge is -2.20. The third-order valence-electron chi connectivity index (χ3n) is 4.30. The van der Waals surface area contributed by atoms with Gasteiger partial charge in [0.05, 0.1) is 7.11 Å². The second-order valence-electron chi connectivity index (χ2n) is 6.02. The van der Waals surface area contributed by atoms with Gasteiger partial charge in [0.2, 0.25) is 10.0 Å². The second-order valence-corrected chi connectivity index (χ2v) is 7.92. The number of ether oxygens (including phenoxy) is 1. The van der Waals surface area contributed by atoms with E-state index in [9.17, 15) is 8.42 Å². The van der Waals surface area contributed by atoms with Crippen molar-refractivity contribution in [3.8, 4) is 5.75 Å². The van der Waals surface area contributed by atoms with E-state index in [2.05, 4.69) is 13.8 Å². The molecule has 6 heteroatoms. The molecule has 1 unspecified atom stereocenters. The number of sulfonamides is 1. The molecule has 1 aliphatic rings. The van der Waals surface area contributed by atoms with Crippen LogP contribution in [-0.2, 0) is 10.0 Å². The van der Waals surface area contributed by atoms with Crippen molar-refractivity contribution in [2.75, 3.05) is 25.9 Å². The van der Waals surface area contributed by atoms with Crippen LogP contribution < -0.4 is 10.5 Å². The molecule has 0 amide bonds. The Bertz CT molecular complexity index is 626. The van der Waals surface area contributed by atoms with E-state index in [1.54, 1.807) is 10.4 Å². The zero-order chi connectivity index (χ0) is 15.8. The summed E-state index contributed by atoms with van der Waals surface area (Å²) in [6.45, 7) is 7.22. The molecule has 1 saturated heterocycles. The van der Waals surface area contributed by atoms with E-state index in [-0.39, 0.29) is 4.90 Å². The monoisotopic (exact) mass is 312 g/mol. The lowest BCUT2D eigenvalue weighted by Crippen LogP contribution is -2.30. The smallest absolute Gasteiger partial charge is 0.246 e. The van der Waals surface area contributed by atoms with Crippen molar-refractivity contribution in [1.29, 1.82) is 0 Å². The Morgan fingerprint density at radius 1 is 1.38 bits per heavy atom. The maximum atomic E-state index is 12.8. The maximum Gasteiger partial charge on any atom is 0.246 e. The van der Waals surface area contributed by atoms with Crippen molar-refractivity contribution in [3.63, 3.8) is 0 Å². The first kappa shape index (κ1) is 16.1. The molecule has 1 aromatic carbocycles. The molecular formula is C15H24N2O3S. The van der Waals surface area contributed by atoms with Crippen LogP contribution in [0.25, 0.3) is 0 Å². The minimum atomic E-state index is -3.56. The number of methoxy groups -OCH3 is 1. The highest BCUT2D eigenvalue weighted by atomic mass is 32.2. The highest BCUT2D eigenvalue weighted by Crippen LogP contribution is 2.34. The fraction of sp³-hybridized carbons (Fsp3) is 0.600. The topological polar surface area (TPSA) is 72.6 Å². The van der Waals surface area contributed by atoms with Gasteiger partial charge in [-0.05, 0) is 42.9 Å². The highest BCUT2D eigenvalue weighted by Gasteiger charge is 2.35. The standard InChI is InChI=1S/C15H24N2O3S/c1-10(2)12-5-6-17(9-12)21(18,19)15-8-13(16)11(3)7-14(15)20-4/h7-8,10,12H,5-6,9,16H2,1-4H3. The second kappa shape index (κ2) is 5.85. The fourth-order valence-electron chi connectivity index (χ4n) is 2.69. The van der Waals surface area contributed by atoms with Crippen LogP contribution in [0.4, 0.5) is 5.69 Å². The predicted molar refractivity (Wildman–Crippen MR) is 83.8 cm³/mol. The molecule has 21 heavy (non-hydrogen) atoms. The van der Waals surface area contributed by atoms with E-state index >= 15 is 0 Å². The Morgan fingerprint density at radius 2 is 2.05 bits per heavy atom. The van der Waals surface area contributed by atoms with Crippen molar-refractivity contribution in [3.05, 3.63) is 17.7 Å². The average Bonchev–Trinajstić information content (AvgIpc) is 2.91. The summed E-state index contributed by atoms with van der Waals surface area (Å²) in [5.41, 5.74) is 7.16. The summed E-state index contributed by atoms with van der Waals surface area (Å²) in [5, 5.41) is 0. The summed E-state index contributed by atoms with van der Waals surface area (Å²) in [6.07, 6.45) is 0.903. The molecule has 5 nitrogen and oxygen atoms in total. The van der Waals surface area contributed by atoms with Gasteiger partial charge in [-0.25, -0.2) is 8.42 Å². The number of benzene rings is 1. The molecule has 118 valence electrons. The fourth-order valence-corrected chi connectivity index (χ4v) is 4.38. The Kier molecular flexibility index (Phi) is 4.49. The summed E-state index contributed by atoms with van der Waals surface area (Å²) < 4.78 is 32.5. The summed E-state index contributed by atoms with van der Waals surface area (Å²) in [4.78, 5) is 0.164. The van der Waals surface area contributed by atoms with E-state index in [0.717, 1.165) is 12.0 Å². The van der Waals surface area contributed by atoms with Crippen molar-refractivity contribution in [2.24, 2.45) is 11.8 Å². The van der Waals surface area contributed by atoms with Gasteiger partial charge in [-0.15, -0.1) is 0 Å². The lowest BCUT2D eigenvalue weighted by atomic mass is 9.96. The van der Waals surface area contributed by atoms with Gasteiger partial charge in [0.1, 0.15) is 10.6 Å². The summed E-state index contributed by atoms with van der Waals surface area (Å²) in [7, 11) is -2.08. The molecular weight excluding hydrogens is 288 g/mol. The van der Waals surface area contributed by atoms with Crippen LogP contribution in [0.3, 0.4) is 0 Å². The molecule has 1 aromatic rings. The average molecular weight is 312 g/mol. The Labute approximate surface area is 127 Å². The zero-order valence-electron chi connectivity index (χ0n) is 13.1. The number of anilines is 1. The van der Waals surface area contributed by atoms with Crippen LogP contribution in [0.5, 0.6) is 5.75 Å². The van der Waals surface area contributed by atoms with Gasteiger partial charge in [0.25, 0.3) is 0 Å². The molecule has 0 aliphatic carbocycles. The summed E-state index contributed by atoms with van der Waals surface area (Å²) in [6, 6.07) is 3.18. The minimum Gasteiger partial charge on any atom is -0.495 e. The van der Waals surface area contributed by atoms with E-state index in [4.69, 9.17) is 10.5 Å². The van der Waals surface area contributed by atoms with Crippen LogP contribution in [0.1, 0.15) is 25.8 Å². The molecule has 1 atom stereocenters. The van der Waals surface area contributed by atoms with Crippen molar-refractivity contribution in [1.82, 2.24) is 4.31 Å². The Balaban J connectivity index is 2.39. The summed E-state index contributed by atoms with van der Waals surface area (Å²) in [5.74, 6) is 1.25. The molecule has 0 aromatic heterocycles. The minimum absolute atomic E-state index is 0.164. The number of hydrogen-bond acceptors (Lipinski definition) is 4. The van der Waals surface area contributed by atoms with Gasteiger partial charge in [0.15, 0.2) is 0 Å². The first-order valence-corrected chi connectivity index (χ1v) is 8.65. The number of aryl methyl sites for hydroxylation is 1. The van der Waals surface area contributed by atoms with Gasteiger partial charge in [-0.3, -0.25) is 0 Å². The summed E-state index contributed by atoms with van der Waals surface area (Å²) >= 11 is 0. The zero-order valence-corrected chi connectivity index (χ0v) is 13.9. The molecule has 1 aliphatic heterocycles. The van der Waals surface area contributed by atoms with E-state index in [1.807, 2.05) is 6.92 Å². The van der Waals surface area contributed by atoms with Gasteiger partial charge in [-0.1, -0.05) is 13.8 Å². The maximum absolute atomic E-state index is 12.8. The molecule has 1 heterocycles. The van der Waals surface area contributed by atoms with Crippen molar-refractivity contribution < 1.29 is 13.2 Å². The van der Waals surface area contributed by atoms with E-state index < -0.39 is 10.0 Å². The molecule has 0 bridgehead atoms. The molecule has 1 fully saturated rings. The normalized spacial score (nSPS) is 20.1. The van der Waals surface area contributed by atoms with Crippen molar-refractivity contribution >= 4 is 15.7 Å². The first-order chi connectivity index (χ1) is 9.77. The number of rotatable bonds is 4. The van der Waals surface area contributed by atoms with Crippen LogP contribution in [-0.4, -0.2) is 32.9 Å². The first-order valence-electron chi connectivity index (χ1n) is 7.21. The Morgan fingerprint density at radius 3 is 2.57 bits per heavy atom. The van der Waals surface area contributed by atoms with Crippen LogP contribution >= 0.6 is 0 Å². The van der Waals surface area contributed by atoms with Crippen LogP contribution in [0.2, 0.25) is 0 Å². The van der Waals surface area contributed by atoms with Crippen LogP contribution in [0.15, 0.2) is 17.0 Å². The van der Waals surface area contributed by atoms with E-state index in [0.29, 0.717) is 36.4 Å². The highest BCUT2D eigenvalue weighted by molar-refractivity contribution is 7.89. The van der Waals surface area contributed by atoms with E-state index in [1.165, 1.54) is 13.2 Å². The predicted octanol–water partition coefficient (Wildman–Crippen LogP) is 2.25. The SMILES string of the molecule is COc1cc(C)c(N)cc1S(=O)(=O)N1CCC(C(C)C)C1. The van der Waals surface area contributed by atoms with Gasteiger partial charge in [-0.2, -0.15) is 4.31 Å².